The molecular formula is C15H12N2O3. The molecule has 0 unspecified atom stereocenters. The van der Waals surface area contributed by atoms with Crippen molar-refractivity contribution < 1.29 is 14.7 Å². The Bertz CT molecular complexity index is 651. The first kappa shape index (κ1) is 13.6. The first-order valence-corrected chi connectivity index (χ1v) is 5.97. The third-order valence-electron chi connectivity index (χ3n) is 2.55. The van der Waals surface area contributed by atoms with Gasteiger partial charge in [0, 0.05) is 5.56 Å². The number of carbonyl (C=O) groups excluding carboxylic acids is 1. The molecule has 0 saturated heterocycles. The van der Waals surface area contributed by atoms with E-state index in [1.165, 1.54) is 0 Å². The maximum Gasteiger partial charge on any atom is 0.311 e. The Morgan fingerprint density at radius 2 is 1.55 bits per heavy atom. The summed E-state index contributed by atoms with van der Waals surface area (Å²) in [7, 11) is 0. The highest BCUT2D eigenvalue weighted by molar-refractivity contribution is 6.08. The fourth-order valence-electron chi connectivity index (χ4n) is 1.64. The Morgan fingerprint density at radius 3 is 2.25 bits per heavy atom. The molecule has 0 aliphatic heterocycles. The molecule has 0 bridgehead atoms. The van der Waals surface area contributed by atoms with E-state index in [0.29, 0.717) is 11.4 Å². The van der Waals surface area contributed by atoms with E-state index in [9.17, 15) is 9.59 Å². The SMILES string of the molecule is O=C(O)CC(=O)c1ccccc1N=Nc1ccccc1. The summed E-state index contributed by atoms with van der Waals surface area (Å²) in [4.78, 5) is 22.4. The van der Waals surface area contributed by atoms with Gasteiger partial charge in [0.15, 0.2) is 5.78 Å². The summed E-state index contributed by atoms with van der Waals surface area (Å²) in [5.41, 5.74) is 1.28. The summed E-state index contributed by atoms with van der Waals surface area (Å²) < 4.78 is 0. The molecule has 0 amide bonds. The van der Waals surface area contributed by atoms with Crippen LogP contribution < -0.4 is 0 Å². The summed E-state index contributed by atoms with van der Waals surface area (Å²) in [6, 6.07) is 15.6. The van der Waals surface area contributed by atoms with Gasteiger partial charge in [-0.1, -0.05) is 30.3 Å². The number of hydrogen-bond donors (Lipinski definition) is 1. The zero-order chi connectivity index (χ0) is 14.4. The zero-order valence-corrected chi connectivity index (χ0v) is 10.6. The van der Waals surface area contributed by atoms with Crippen molar-refractivity contribution in [1.82, 2.24) is 0 Å². The molecule has 20 heavy (non-hydrogen) atoms. The highest BCUT2D eigenvalue weighted by atomic mass is 16.4. The minimum Gasteiger partial charge on any atom is -0.481 e. The van der Waals surface area contributed by atoms with E-state index in [0.717, 1.165) is 0 Å². The van der Waals surface area contributed by atoms with Crippen molar-refractivity contribution >= 4 is 23.1 Å². The molecule has 0 aliphatic rings. The number of azo groups is 1. The first-order valence-electron chi connectivity index (χ1n) is 5.97. The largest absolute Gasteiger partial charge is 0.481 e. The average Bonchev–Trinajstić information content (AvgIpc) is 2.46. The van der Waals surface area contributed by atoms with Crippen molar-refractivity contribution in [2.75, 3.05) is 0 Å². The molecule has 1 N–H and O–H groups in total. The second-order valence-electron chi connectivity index (χ2n) is 4.05. The molecule has 100 valence electrons. The summed E-state index contributed by atoms with van der Waals surface area (Å²) in [6.45, 7) is 0. The molecule has 0 aromatic heterocycles. The number of benzene rings is 2. The molecular weight excluding hydrogens is 256 g/mol. The van der Waals surface area contributed by atoms with Crippen LogP contribution >= 0.6 is 0 Å². The van der Waals surface area contributed by atoms with Crippen LogP contribution in [0.15, 0.2) is 64.8 Å². The van der Waals surface area contributed by atoms with E-state index >= 15 is 0 Å². The first-order chi connectivity index (χ1) is 9.66. The van der Waals surface area contributed by atoms with Gasteiger partial charge >= 0.3 is 5.97 Å². The van der Waals surface area contributed by atoms with Crippen LogP contribution in [0.25, 0.3) is 0 Å². The topological polar surface area (TPSA) is 79.1 Å². The van der Waals surface area contributed by atoms with Crippen molar-refractivity contribution in [2.24, 2.45) is 10.2 Å². The van der Waals surface area contributed by atoms with Gasteiger partial charge in [0.25, 0.3) is 0 Å². The van der Waals surface area contributed by atoms with Crippen LogP contribution in [-0.4, -0.2) is 16.9 Å². The molecule has 2 aromatic carbocycles. The second kappa shape index (κ2) is 6.38. The highest BCUT2D eigenvalue weighted by Crippen LogP contribution is 2.23. The maximum atomic E-state index is 11.8. The summed E-state index contributed by atoms with van der Waals surface area (Å²) >= 11 is 0. The second-order valence-corrected chi connectivity index (χ2v) is 4.05. The molecule has 0 heterocycles. The zero-order valence-electron chi connectivity index (χ0n) is 10.6. The van der Waals surface area contributed by atoms with E-state index in [-0.39, 0.29) is 5.56 Å². The molecule has 0 saturated carbocycles. The lowest BCUT2D eigenvalue weighted by Crippen LogP contribution is -2.06. The predicted octanol–water partition coefficient (Wildman–Crippen LogP) is 3.76. The number of nitrogens with zero attached hydrogens (tertiary/aromatic N) is 2. The fraction of sp³-hybridized carbons (Fsp3) is 0.0667. The number of carboxylic acids is 1. The molecule has 5 nitrogen and oxygen atoms in total. The number of aliphatic carboxylic acids is 1. The van der Waals surface area contributed by atoms with Gasteiger partial charge < -0.3 is 5.11 Å². The van der Waals surface area contributed by atoms with Gasteiger partial charge in [-0.15, -0.1) is 5.11 Å². The molecule has 0 fully saturated rings. The smallest absolute Gasteiger partial charge is 0.311 e. The minimum absolute atomic E-state index is 0.259. The normalized spacial score (nSPS) is 10.6. The van der Waals surface area contributed by atoms with Gasteiger partial charge in [0.2, 0.25) is 0 Å². The van der Waals surface area contributed by atoms with E-state index < -0.39 is 18.2 Å². The summed E-state index contributed by atoms with van der Waals surface area (Å²) in [6.07, 6.45) is -0.558. The highest BCUT2D eigenvalue weighted by Gasteiger charge is 2.14. The van der Waals surface area contributed by atoms with Crippen LogP contribution in [0.4, 0.5) is 11.4 Å². The third kappa shape index (κ3) is 3.58. The number of carboxylic acid groups (broad SMARTS) is 1. The Hall–Kier alpha value is -2.82. The van der Waals surface area contributed by atoms with Gasteiger partial charge in [0.1, 0.15) is 6.42 Å². The van der Waals surface area contributed by atoms with Gasteiger partial charge in [-0.3, -0.25) is 9.59 Å². The number of Topliss-reactive ketones (excluding diaryl/α,β-unsaturated/α-hetero) is 1. The molecule has 2 rings (SSSR count). The van der Waals surface area contributed by atoms with E-state index in [1.807, 2.05) is 18.2 Å². The van der Waals surface area contributed by atoms with Crippen LogP contribution in [0.1, 0.15) is 16.8 Å². The molecule has 2 aromatic rings. The Kier molecular flexibility index (Phi) is 4.34. The summed E-state index contributed by atoms with van der Waals surface area (Å²) in [5.74, 6) is -1.65. The monoisotopic (exact) mass is 268 g/mol. The van der Waals surface area contributed by atoms with Crippen LogP contribution in [0, 0.1) is 0 Å². The predicted molar refractivity (Wildman–Crippen MR) is 73.6 cm³/mol. The number of ketones is 1. The van der Waals surface area contributed by atoms with Crippen molar-refractivity contribution in [3.63, 3.8) is 0 Å². The third-order valence-corrected chi connectivity index (χ3v) is 2.55. The molecule has 0 aliphatic carbocycles. The van der Waals surface area contributed by atoms with Crippen molar-refractivity contribution in [3.05, 3.63) is 60.2 Å². The van der Waals surface area contributed by atoms with Gasteiger partial charge in [-0.05, 0) is 24.3 Å². The average molecular weight is 268 g/mol. The lowest BCUT2D eigenvalue weighted by atomic mass is 10.1. The Balaban J connectivity index is 2.26. The molecule has 5 heteroatoms. The molecule has 0 atom stereocenters. The van der Waals surface area contributed by atoms with Crippen LogP contribution in [0.5, 0.6) is 0 Å². The number of carbonyl (C=O) groups is 2. The maximum absolute atomic E-state index is 11.8. The molecule has 0 spiro atoms. The van der Waals surface area contributed by atoms with Crippen LogP contribution in [0.3, 0.4) is 0 Å². The van der Waals surface area contributed by atoms with Crippen LogP contribution in [-0.2, 0) is 4.79 Å². The standard InChI is InChI=1S/C15H12N2O3/c18-14(10-15(19)20)12-8-4-5-9-13(12)17-16-11-6-2-1-3-7-11/h1-9H,10H2,(H,19,20). The van der Waals surface area contributed by atoms with Gasteiger partial charge in [-0.2, -0.15) is 5.11 Å². The minimum atomic E-state index is -1.16. The number of rotatable bonds is 5. The van der Waals surface area contributed by atoms with E-state index in [4.69, 9.17) is 5.11 Å². The lowest BCUT2D eigenvalue weighted by Gasteiger charge is -2.01. The fourth-order valence-corrected chi connectivity index (χ4v) is 1.64. The van der Waals surface area contributed by atoms with Crippen molar-refractivity contribution in [3.8, 4) is 0 Å². The van der Waals surface area contributed by atoms with Crippen molar-refractivity contribution in [1.29, 1.82) is 0 Å². The van der Waals surface area contributed by atoms with E-state index in [2.05, 4.69) is 10.2 Å². The van der Waals surface area contributed by atoms with Crippen LogP contribution in [0.2, 0.25) is 0 Å². The summed E-state index contributed by atoms with van der Waals surface area (Å²) in [5, 5.41) is 16.7. The van der Waals surface area contributed by atoms with Gasteiger partial charge in [0.05, 0.1) is 11.4 Å². The quantitative estimate of drug-likeness (QED) is 0.509. The lowest BCUT2D eigenvalue weighted by molar-refractivity contribution is -0.135. The van der Waals surface area contributed by atoms with Crippen molar-refractivity contribution in [2.45, 2.75) is 6.42 Å². The number of hydrogen-bond acceptors (Lipinski definition) is 4. The molecule has 0 radical (unpaired) electrons. The van der Waals surface area contributed by atoms with Gasteiger partial charge in [-0.25, -0.2) is 0 Å². The Morgan fingerprint density at radius 1 is 0.900 bits per heavy atom. The Labute approximate surface area is 115 Å². The van der Waals surface area contributed by atoms with E-state index in [1.54, 1.807) is 36.4 Å².